The molecule has 2 N–H and O–H groups in total. The first-order valence-electron chi connectivity index (χ1n) is 9.06. The number of pyridine rings is 1. The summed E-state index contributed by atoms with van der Waals surface area (Å²) >= 11 is 11.9. The van der Waals surface area contributed by atoms with E-state index in [0.717, 1.165) is 13.1 Å². The minimum atomic E-state index is -0.102. The van der Waals surface area contributed by atoms with Gasteiger partial charge in [-0.3, -0.25) is 9.69 Å². The zero-order chi connectivity index (χ0) is 19.8. The molecule has 0 fully saturated rings. The van der Waals surface area contributed by atoms with Gasteiger partial charge < -0.3 is 10.6 Å². The summed E-state index contributed by atoms with van der Waals surface area (Å²) in [6, 6.07) is 9.87. The molecule has 7 heteroatoms. The first kappa shape index (κ1) is 21.5. The molecule has 2 rings (SSSR count). The largest absolute Gasteiger partial charge is 0.367 e. The van der Waals surface area contributed by atoms with Crippen LogP contribution in [0.2, 0.25) is 10.0 Å². The van der Waals surface area contributed by atoms with Crippen molar-refractivity contribution >= 4 is 34.9 Å². The zero-order valence-corrected chi connectivity index (χ0v) is 17.4. The number of nitrogens with zero attached hydrogens (tertiary/aromatic N) is 2. The Morgan fingerprint density at radius 1 is 1.19 bits per heavy atom. The average Bonchev–Trinajstić information content (AvgIpc) is 2.64. The first-order valence-corrected chi connectivity index (χ1v) is 9.82. The maximum atomic E-state index is 12.3. The summed E-state index contributed by atoms with van der Waals surface area (Å²) in [6.07, 6.45) is 1.52. The topological polar surface area (TPSA) is 57.3 Å². The van der Waals surface area contributed by atoms with Crippen molar-refractivity contribution in [1.82, 2.24) is 15.2 Å². The Hall–Kier alpha value is -1.82. The molecule has 0 aliphatic heterocycles. The van der Waals surface area contributed by atoms with Crippen molar-refractivity contribution in [2.24, 2.45) is 0 Å². The Morgan fingerprint density at radius 3 is 2.48 bits per heavy atom. The van der Waals surface area contributed by atoms with Crippen molar-refractivity contribution < 1.29 is 4.79 Å². The van der Waals surface area contributed by atoms with Gasteiger partial charge in [0.05, 0.1) is 10.0 Å². The Morgan fingerprint density at radius 2 is 1.89 bits per heavy atom. The van der Waals surface area contributed by atoms with Crippen LogP contribution in [0.4, 0.5) is 5.82 Å². The standard InChI is InChI=1S/C20H26Cl2N4O/c1-4-26(14(2)3)13-15-5-7-16(8-6-15)20(27)24-10-9-23-19-18(22)11-17(21)12-25-19/h5-8,11-12,14H,4,9-10,13H2,1-3H3,(H,23,25)(H,24,27). The van der Waals surface area contributed by atoms with Gasteiger partial charge in [0.15, 0.2) is 0 Å². The summed E-state index contributed by atoms with van der Waals surface area (Å²) in [4.78, 5) is 18.7. The van der Waals surface area contributed by atoms with E-state index in [9.17, 15) is 4.79 Å². The van der Waals surface area contributed by atoms with E-state index in [1.807, 2.05) is 24.3 Å². The molecular weight excluding hydrogens is 383 g/mol. The highest BCUT2D eigenvalue weighted by Gasteiger charge is 2.09. The molecule has 0 spiro atoms. The minimum Gasteiger partial charge on any atom is -0.367 e. The van der Waals surface area contributed by atoms with Gasteiger partial charge in [-0.1, -0.05) is 42.3 Å². The molecule has 0 unspecified atom stereocenters. The number of halogens is 2. The molecule has 2 aromatic rings. The molecule has 146 valence electrons. The van der Waals surface area contributed by atoms with Crippen molar-refractivity contribution in [1.29, 1.82) is 0 Å². The van der Waals surface area contributed by atoms with Crippen LogP contribution in [0.15, 0.2) is 36.5 Å². The fraction of sp³-hybridized carbons (Fsp3) is 0.400. The van der Waals surface area contributed by atoms with Gasteiger partial charge in [0.1, 0.15) is 5.82 Å². The molecule has 0 saturated carbocycles. The number of hydrogen-bond donors (Lipinski definition) is 2. The summed E-state index contributed by atoms with van der Waals surface area (Å²) in [5.74, 6) is 0.444. The number of hydrogen-bond acceptors (Lipinski definition) is 4. The van der Waals surface area contributed by atoms with Crippen molar-refractivity contribution in [2.75, 3.05) is 25.0 Å². The summed E-state index contributed by atoms with van der Waals surface area (Å²) < 4.78 is 0. The van der Waals surface area contributed by atoms with Crippen LogP contribution in [0, 0.1) is 0 Å². The van der Waals surface area contributed by atoms with E-state index in [1.165, 1.54) is 11.8 Å². The Balaban J connectivity index is 1.80. The van der Waals surface area contributed by atoms with Crippen LogP contribution in [0.3, 0.4) is 0 Å². The third-order valence-corrected chi connectivity index (χ3v) is 4.74. The summed E-state index contributed by atoms with van der Waals surface area (Å²) in [5.41, 5.74) is 1.85. The monoisotopic (exact) mass is 408 g/mol. The van der Waals surface area contributed by atoms with Gasteiger partial charge in [0, 0.05) is 37.4 Å². The molecule has 0 aliphatic rings. The number of rotatable bonds is 9. The van der Waals surface area contributed by atoms with Gasteiger partial charge in [0.2, 0.25) is 0 Å². The summed E-state index contributed by atoms with van der Waals surface area (Å²) in [5, 5.41) is 6.89. The average molecular weight is 409 g/mol. The molecule has 0 saturated heterocycles. The molecule has 0 aliphatic carbocycles. The van der Waals surface area contributed by atoms with E-state index in [2.05, 4.69) is 41.3 Å². The van der Waals surface area contributed by atoms with E-state index < -0.39 is 0 Å². The second kappa shape index (κ2) is 10.5. The van der Waals surface area contributed by atoms with Crippen molar-refractivity contribution in [3.8, 4) is 0 Å². The lowest BCUT2D eigenvalue weighted by Gasteiger charge is -2.24. The summed E-state index contributed by atoms with van der Waals surface area (Å²) in [7, 11) is 0. The number of carbonyl (C=O) groups is 1. The lowest BCUT2D eigenvalue weighted by atomic mass is 10.1. The third kappa shape index (κ3) is 6.69. The molecule has 1 aromatic heterocycles. The van der Waals surface area contributed by atoms with Crippen molar-refractivity contribution in [3.05, 3.63) is 57.7 Å². The predicted octanol–water partition coefficient (Wildman–Crippen LogP) is 4.46. The number of aromatic nitrogens is 1. The highest BCUT2D eigenvalue weighted by atomic mass is 35.5. The lowest BCUT2D eigenvalue weighted by molar-refractivity contribution is 0.0955. The number of amides is 1. The molecule has 5 nitrogen and oxygen atoms in total. The van der Waals surface area contributed by atoms with E-state index in [1.54, 1.807) is 6.07 Å². The van der Waals surface area contributed by atoms with Gasteiger partial charge in [-0.25, -0.2) is 4.98 Å². The molecule has 0 atom stereocenters. The quantitative estimate of drug-likeness (QED) is 0.601. The van der Waals surface area contributed by atoms with Gasteiger partial charge >= 0.3 is 0 Å². The van der Waals surface area contributed by atoms with Crippen LogP contribution in [0.5, 0.6) is 0 Å². The molecule has 0 bridgehead atoms. The van der Waals surface area contributed by atoms with Crippen LogP contribution in [0.25, 0.3) is 0 Å². The summed E-state index contributed by atoms with van der Waals surface area (Å²) in [6.45, 7) is 9.38. The van der Waals surface area contributed by atoms with Gasteiger partial charge in [-0.15, -0.1) is 0 Å². The molecule has 1 aromatic carbocycles. The fourth-order valence-corrected chi connectivity index (χ4v) is 3.11. The SMILES string of the molecule is CCN(Cc1ccc(C(=O)NCCNc2ncc(Cl)cc2Cl)cc1)C(C)C. The molecule has 1 amide bonds. The van der Waals surface area contributed by atoms with Crippen LogP contribution >= 0.6 is 23.2 Å². The first-order chi connectivity index (χ1) is 12.9. The predicted molar refractivity (Wildman–Crippen MR) is 113 cm³/mol. The third-order valence-electron chi connectivity index (χ3n) is 4.25. The fourth-order valence-electron chi connectivity index (χ4n) is 2.66. The lowest BCUT2D eigenvalue weighted by Crippen LogP contribution is -2.30. The number of anilines is 1. The second-order valence-electron chi connectivity index (χ2n) is 6.52. The molecular formula is C20H26Cl2N4O. The van der Waals surface area contributed by atoms with E-state index >= 15 is 0 Å². The second-order valence-corrected chi connectivity index (χ2v) is 7.36. The van der Waals surface area contributed by atoms with Gasteiger partial charge in [0.25, 0.3) is 5.91 Å². The minimum absolute atomic E-state index is 0.102. The molecule has 1 heterocycles. The van der Waals surface area contributed by atoms with Gasteiger partial charge in [-0.05, 0) is 44.2 Å². The Kier molecular flexibility index (Phi) is 8.35. The van der Waals surface area contributed by atoms with Crippen molar-refractivity contribution in [3.63, 3.8) is 0 Å². The Bertz CT molecular complexity index is 750. The van der Waals surface area contributed by atoms with E-state index in [0.29, 0.717) is 40.6 Å². The van der Waals surface area contributed by atoms with Crippen molar-refractivity contribution in [2.45, 2.75) is 33.4 Å². The number of benzene rings is 1. The van der Waals surface area contributed by atoms with Crippen LogP contribution in [0.1, 0.15) is 36.7 Å². The molecule has 0 radical (unpaired) electrons. The van der Waals surface area contributed by atoms with Gasteiger partial charge in [-0.2, -0.15) is 0 Å². The molecule has 27 heavy (non-hydrogen) atoms. The smallest absolute Gasteiger partial charge is 0.251 e. The van der Waals surface area contributed by atoms with Crippen LogP contribution in [-0.2, 0) is 6.54 Å². The number of carbonyl (C=O) groups excluding carboxylic acids is 1. The number of nitrogens with one attached hydrogen (secondary N) is 2. The van der Waals surface area contributed by atoms with Crippen LogP contribution < -0.4 is 10.6 Å². The highest BCUT2D eigenvalue weighted by molar-refractivity contribution is 6.35. The maximum absolute atomic E-state index is 12.3. The normalized spacial score (nSPS) is 11.1. The Labute approximate surface area is 171 Å². The maximum Gasteiger partial charge on any atom is 0.251 e. The van der Waals surface area contributed by atoms with Crippen LogP contribution in [-0.4, -0.2) is 41.5 Å². The zero-order valence-electron chi connectivity index (χ0n) is 15.9. The highest BCUT2D eigenvalue weighted by Crippen LogP contribution is 2.22. The van der Waals surface area contributed by atoms with E-state index in [4.69, 9.17) is 23.2 Å². The van der Waals surface area contributed by atoms with E-state index in [-0.39, 0.29) is 5.91 Å².